The van der Waals surface area contributed by atoms with Crippen LogP contribution >= 0.6 is 0 Å². The van der Waals surface area contributed by atoms with E-state index in [0.29, 0.717) is 13.0 Å². The summed E-state index contributed by atoms with van der Waals surface area (Å²) in [6.45, 7) is 5.47. The summed E-state index contributed by atoms with van der Waals surface area (Å²) in [6.07, 6.45) is 5.49. The molecule has 2 saturated heterocycles. The molecule has 23 heavy (non-hydrogen) atoms. The van der Waals surface area contributed by atoms with Crippen molar-refractivity contribution in [1.82, 2.24) is 15.0 Å². The van der Waals surface area contributed by atoms with Gasteiger partial charge in [0.1, 0.15) is 5.76 Å². The minimum absolute atomic E-state index is 0.0378. The van der Waals surface area contributed by atoms with Gasteiger partial charge < -0.3 is 14.3 Å². The highest BCUT2D eigenvalue weighted by Crippen LogP contribution is 2.35. The molecule has 0 N–H and O–H groups in total. The van der Waals surface area contributed by atoms with E-state index in [4.69, 9.17) is 4.52 Å². The highest BCUT2D eigenvalue weighted by molar-refractivity contribution is 5.85. The number of hydrogen-bond donors (Lipinski definition) is 0. The molecule has 6 heteroatoms. The smallest absolute Gasteiger partial charge is 0.242 e. The van der Waals surface area contributed by atoms with Crippen LogP contribution in [0, 0.1) is 13.8 Å². The van der Waals surface area contributed by atoms with E-state index in [1.165, 1.54) is 0 Å². The van der Waals surface area contributed by atoms with Crippen LogP contribution in [0.15, 0.2) is 4.52 Å². The zero-order valence-corrected chi connectivity index (χ0v) is 14.0. The average molecular weight is 319 g/mol. The van der Waals surface area contributed by atoms with Gasteiger partial charge in [-0.25, -0.2) is 0 Å². The molecular formula is C17H25N3O3. The first-order valence-corrected chi connectivity index (χ1v) is 8.58. The summed E-state index contributed by atoms with van der Waals surface area (Å²) >= 11 is 0. The lowest BCUT2D eigenvalue weighted by Gasteiger charge is -2.28. The Morgan fingerprint density at radius 2 is 2.04 bits per heavy atom. The first-order valence-electron chi connectivity index (χ1n) is 8.58. The molecule has 3 heterocycles. The standard InChI is InChI=1S/C17H25N3O3/c1-12-17(13(2)23-18-12)14-7-6-10-20(14)16(22)11-19-9-5-3-4-8-15(19)21/h14H,3-11H2,1-2H3/t14-/m0/s1. The summed E-state index contributed by atoms with van der Waals surface area (Å²) in [6, 6.07) is 0.0378. The number of aryl methyl sites for hydroxylation is 2. The molecule has 2 amide bonds. The molecule has 0 aliphatic carbocycles. The molecule has 1 aromatic rings. The van der Waals surface area contributed by atoms with Crippen molar-refractivity contribution >= 4 is 11.8 Å². The predicted octanol–water partition coefficient (Wildman–Crippen LogP) is 2.36. The molecule has 0 radical (unpaired) electrons. The van der Waals surface area contributed by atoms with E-state index >= 15 is 0 Å². The van der Waals surface area contributed by atoms with Crippen molar-refractivity contribution in [2.45, 2.75) is 58.4 Å². The van der Waals surface area contributed by atoms with E-state index in [-0.39, 0.29) is 24.4 Å². The highest BCUT2D eigenvalue weighted by atomic mass is 16.5. The maximum atomic E-state index is 12.8. The maximum absolute atomic E-state index is 12.8. The van der Waals surface area contributed by atoms with Gasteiger partial charge in [0, 0.05) is 25.1 Å². The van der Waals surface area contributed by atoms with Crippen LogP contribution in [0.1, 0.15) is 61.6 Å². The Kier molecular flexibility index (Phi) is 4.68. The number of likely N-dealkylation sites (tertiary alicyclic amines) is 2. The van der Waals surface area contributed by atoms with Crippen molar-refractivity contribution in [2.24, 2.45) is 0 Å². The second-order valence-corrected chi connectivity index (χ2v) is 6.61. The van der Waals surface area contributed by atoms with Crippen LogP contribution < -0.4 is 0 Å². The molecule has 0 saturated carbocycles. The van der Waals surface area contributed by atoms with Crippen LogP contribution in [-0.4, -0.2) is 46.4 Å². The maximum Gasteiger partial charge on any atom is 0.242 e. The summed E-state index contributed by atoms with van der Waals surface area (Å²) in [5.41, 5.74) is 1.90. The SMILES string of the molecule is Cc1noc(C)c1[C@@H]1CCCN1C(=O)CN1CCCCCC1=O. The third-order valence-electron chi connectivity index (χ3n) is 4.99. The van der Waals surface area contributed by atoms with Crippen molar-refractivity contribution in [3.05, 3.63) is 17.0 Å². The molecule has 0 unspecified atom stereocenters. The van der Waals surface area contributed by atoms with E-state index < -0.39 is 0 Å². The van der Waals surface area contributed by atoms with Gasteiger partial charge in [0.05, 0.1) is 18.3 Å². The molecule has 0 bridgehead atoms. The Balaban J connectivity index is 1.72. The Morgan fingerprint density at radius 1 is 1.22 bits per heavy atom. The quantitative estimate of drug-likeness (QED) is 0.858. The van der Waals surface area contributed by atoms with Crippen molar-refractivity contribution in [3.63, 3.8) is 0 Å². The van der Waals surface area contributed by atoms with Gasteiger partial charge >= 0.3 is 0 Å². The predicted molar refractivity (Wildman–Crippen MR) is 84.7 cm³/mol. The van der Waals surface area contributed by atoms with Crippen molar-refractivity contribution in [3.8, 4) is 0 Å². The fourth-order valence-corrected chi connectivity index (χ4v) is 3.79. The van der Waals surface area contributed by atoms with E-state index in [1.807, 2.05) is 18.7 Å². The van der Waals surface area contributed by atoms with E-state index in [9.17, 15) is 9.59 Å². The molecule has 0 aromatic carbocycles. The second-order valence-electron chi connectivity index (χ2n) is 6.61. The molecule has 3 rings (SSSR count). The summed E-state index contributed by atoms with van der Waals surface area (Å²) in [4.78, 5) is 28.5. The van der Waals surface area contributed by atoms with Crippen LogP contribution in [-0.2, 0) is 9.59 Å². The average Bonchev–Trinajstić information content (AvgIpc) is 3.06. The van der Waals surface area contributed by atoms with Gasteiger partial charge in [-0.1, -0.05) is 11.6 Å². The molecule has 2 aliphatic heterocycles. The lowest BCUT2D eigenvalue weighted by Crippen LogP contribution is -2.42. The molecule has 1 aromatic heterocycles. The zero-order chi connectivity index (χ0) is 16.4. The van der Waals surface area contributed by atoms with Gasteiger partial charge in [0.25, 0.3) is 0 Å². The number of aromatic nitrogens is 1. The summed E-state index contributed by atoms with van der Waals surface area (Å²) in [5.74, 6) is 0.949. The lowest BCUT2D eigenvalue weighted by molar-refractivity contribution is -0.140. The van der Waals surface area contributed by atoms with Gasteiger partial charge in [-0.3, -0.25) is 9.59 Å². The lowest BCUT2D eigenvalue weighted by atomic mass is 10.0. The summed E-state index contributed by atoms with van der Waals surface area (Å²) < 4.78 is 5.27. The third kappa shape index (κ3) is 3.26. The Bertz CT molecular complexity index is 576. The van der Waals surface area contributed by atoms with Crippen LogP contribution in [0.5, 0.6) is 0 Å². The number of hydrogen-bond acceptors (Lipinski definition) is 4. The number of amides is 2. The first kappa shape index (κ1) is 16.0. The Hall–Kier alpha value is -1.85. The summed E-state index contributed by atoms with van der Waals surface area (Å²) in [5, 5.41) is 4.02. The molecule has 2 aliphatic rings. The van der Waals surface area contributed by atoms with Crippen LogP contribution in [0.4, 0.5) is 0 Å². The van der Waals surface area contributed by atoms with Crippen LogP contribution in [0.2, 0.25) is 0 Å². The van der Waals surface area contributed by atoms with Gasteiger partial charge in [-0.2, -0.15) is 0 Å². The van der Waals surface area contributed by atoms with Gasteiger partial charge in [0.15, 0.2) is 0 Å². The number of carbonyl (C=O) groups excluding carboxylic acids is 2. The highest BCUT2D eigenvalue weighted by Gasteiger charge is 2.34. The largest absolute Gasteiger partial charge is 0.361 e. The van der Waals surface area contributed by atoms with Crippen LogP contribution in [0.3, 0.4) is 0 Å². The van der Waals surface area contributed by atoms with E-state index in [1.54, 1.807) is 4.90 Å². The molecule has 2 fully saturated rings. The fraction of sp³-hybridized carbons (Fsp3) is 0.706. The first-order chi connectivity index (χ1) is 11.1. The van der Waals surface area contributed by atoms with E-state index in [2.05, 4.69) is 5.16 Å². The van der Waals surface area contributed by atoms with Gasteiger partial charge in [-0.05, 0) is 39.5 Å². The minimum atomic E-state index is 0.0378. The van der Waals surface area contributed by atoms with Crippen molar-refractivity contribution in [2.75, 3.05) is 19.6 Å². The van der Waals surface area contributed by atoms with E-state index in [0.717, 1.165) is 55.7 Å². The summed E-state index contributed by atoms with van der Waals surface area (Å²) in [7, 11) is 0. The second kappa shape index (κ2) is 6.72. The monoisotopic (exact) mass is 319 g/mol. The molecule has 126 valence electrons. The Labute approximate surface area is 136 Å². The van der Waals surface area contributed by atoms with Crippen LogP contribution in [0.25, 0.3) is 0 Å². The third-order valence-corrected chi connectivity index (χ3v) is 4.99. The normalized spacial score (nSPS) is 22.5. The van der Waals surface area contributed by atoms with Gasteiger partial charge in [0.2, 0.25) is 11.8 Å². The van der Waals surface area contributed by atoms with Crippen molar-refractivity contribution < 1.29 is 14.1 Å². The number of rotatable bonds is 3. The molecular weight excluding hydrogens is 294 g/mol. The zero-order valence-electron chi connectivity index (χ0n) is 14.0. The molecule has 6 nitrogen and oxygen atoms in total. The van der Waals surface area contributed by atoms with Crippen molar-refractivity contribution in [1.29, 1.82) is 0 Å². The molecule has 0 spiro atoms. The molecule has 1 atom stereocenters. The number of carbonyl (C=O) groups is 2. The van der Waals surface area contributed by atoms with Gasteiger partial charge in [-0.15, -0.1) is 0 Å². The Morgan fingerprint density at radius 3 is 2.78 bits per heavy atom. The minimum Gasteiger partial charge on any atom is -0.361 e. The number of nitrogens with zero attached hydrogens (tertiary/aromatic N) is 3. The fourth-order valence-electron chi connectivity index (χ4n) is 3.79. The topological polar surface area (TPSA) is 66.7 Å².